The number of rotatable bonds is 3. The minimum absolute atomic E-state index is 0.0637. The molecule has 2 aliphatic rings. The molecule has 4 rings (SSSR count). The summed E-state index contributed by atoms with van der Waals surface area (Å²) in [6.45, 7) is 0.639. The van der Waals surface area contributed by atoms with E-state index in [4.69, 9.17) is 16.1 Å². The highest BCUT2D eigenvalue weighted by molar-refractivity contribution is 6.33. The van der Waals surface area contributed by atoms with Gasteiger partial charge in [-0.05, 0) is 31.0 Å². The summed E-state index contributed by atoms with van der Waals surface area (Å²) in [5.41, 5.74) is 0.496. The Balaban J connectivity index is 1.51. The molecule has 25 heavy (non-hydrogen) atoms. The molecule has 7 heteroatoms. The van der Waals surface area contributed by atoms with Crippen molar-refractivity contribution in [1.82, 2.24) is 15.0 Å². The third-order valence-electron chi connectivity index (χ3n) is 5.14. The highest BCUT2D eigenvalue weighted by Gasteiger charge is 2.37. The Kier molecular flexibility index (Phi) is 4.46. The molecule has 1 saturated heterocycles. The zero-order valence-corrected chi connectivity index (χ0v) is 14.5. The molecular weight excluding hydrogens is 345 g/mol. The Morgan fingerprint density at radius 3 is 2.80 bits per heavy atom. The van der Waals surface area contributed by atoms with Crippen molar-refractivity contribution in [3.63, 3.8) is 0 Å². The van der Waals surface area contributed by atoms with Crippen LogP contribution in [0.3, 0.4) is 0 Å². The Morgan fingerprint density at radius 2 is 2.04 bits per heavy atom. The summed E-state index contributed by atoms with van der Waals surface area (Å²) in [5, 5.41) is 4.26. The van der Waals surface area contributed by atoms with Crippen LogP contribution >= 0.6 is 11.6 Å². The summed E-state index contributed by atoms with van der Waals surface area (Å²) in [6, 6.07) is 4.38. The van der Waals surface area contributed by atoms with Gasteiger partial charge in [-0.25, -0.2) is 4.39 Å². The van der Waals surface area contributed by atoms with E-state index in [0.717, 1.165) is 12.8 Å². The molecule has 1 aromatic carbocycles. The number of carbonyl (C=O) groups excluding carboxylic acids is 1. The first kappa shape index (κ1) is 16.5. The maximum atomic E-state index is 13.2. The lowest BCUT2D eigenvalue weighted by atomic mass is 9.94. The lowest BCUT2D eigenvalue weighted by Gasteiger charge is -2.31. The van der Waals surface area contributed by atoms with E-state index in [1.807, 2.05) is 4.90 Å². The monoisotopic (exact) mass is 363 g/mol. The van der Waals surface area contributed by atoms with Crippen molar-refractivity contribution in [2.45, 2.75) is 50.5 Å². The van der Waals surface area contributed by atoms with Crippen molar-refractivity contribution in [3.8, 4) is 11.5 Å². The van der Waals surface area contributed by atoms with Crippen LogP contribution in [0.25, 0.3) is 11.5 Å². The summed E-state index contributed by atoms with van der Waals surface area (Å²) in [5.74, 6) is 0.456. The molecule has 1 aromatic heterocycles. The lowest BCUT2D eigenvalue weighted by molar-refractivity contribution is -0.130. The Labute approximate surface area is 150 Å². The minimum atomic E-state index is -0.419. The van der Waals surface area contributed by atoms with Crippen molar-refractivity contribution in [3.05, 3.63) is 34.9 Å². The van der Waals surface area contributed by atoms with Crippen LogP contribution in [0, 0.1) is 5.82 Å². The minimum Gasteiger partial charge on any atom is -0.339 e. The SMILES string of the molecule is O=C1C[C@@H](c2noc(-c3ccc(F)cc3Cl)n2)CN1C1CCCCC1. The van der Waals surface area contributed by atoms with Gasteiger partial charge in [-0.2, -0.15) is 4.98 Å². The molecule has 2 fully saturated rings. The van der Waals surface area contributed by atoms with Crippen LogP contribution in [-0.2, 0) is 4.79 Å². The van der Waals surface area contributed by atoms with Gasteiger partial charge >= 0.3 is 0 Å². The summed E-state index contributed by atoms with van der Waals surface area (Å²) in [7, 11) is 0. The Morgan fingerprint density at radius 1 is 1.24 bits per heavy atom. The number of aromatic nitrogens is 2. The first-order valence-corrected chi connectivity index (χ1v) is 9.08. The molecule has 5 nitrogen and oxygen atoms in total. The molecule has 1 atom stereocenters. The zero-order valence-electron chi connectivity index (χ0n) is 13.8. The van der Waals surface area contributed by atoms with E-state index in [1.165, 1.54) is 37.5 Å². The van der Waals surface area contributed by atoms with Gasteiger partial charge in [0.15, 0.2) is 5.82 Å². The van der Waals surface area contributed by atoms with E-state index in [-0.39, 0.29) is 22.7 Å². The largest absolute Gasteiger partial charge is 0.339 e. The highest BCUT2D eigenvalue weighted by Crippen LogP contribution is 2.34. The van der Waals surface area contributed by atoms with Crippen molar-refractivity contribution < 1.29 is 13.7 Å². The van der Waals surface area contributed by atoms with Gasteiger partial charge < -0.3 is 9.42 Å². The van der Waals surface area contributed by atoms with E-state index in [1.54, 1.807) is 0 Å². The highest BCUT2D eigenvalue weighted by atomic mass is 35.5. The van der Waals surface area contributed by atoms with Gasteiger partial charge in [0, 0.05) is 24.9 Å². The predicted molar refractivity (Wildman–Crippen MR) is 90.6 cm³/mol. The molecule has 132 valence electrons. The molecular formula is C18H19ClFN3O2. The van der Waals surface area contributed by atoms with E-state index >= 15 is 0 Å². The molecule has 1 aliphatic carbocycles. The summed E-state index contributed by atoms with van der Waals surface area (Å²) < 4.78 is 18.5. The number of hydrogen-bond acceptors (Lipinski definition) is 4. The number of amides is 1. The molecule has 0 N–H and O–H groups in total. The fourth-order valence-corrected chi connectivity index (χ4v) is 4.07. The molecule has 2 aromatic rings. The van der Waals surface area contributed by atoms with E-state index in [0.29, 0.717) is 30.4 Å². The fourth-order valence-electron chi connectivity index (χ4n) is 3.82. The normalized spacial score (nSPS) is 21.9. The van der Waals surface area contributed by atoms with Crippen LogP contribution in [-0.4, -0.2) is 33.5 Å². The van der Waals surface area contributed by atoms with Crippen LogP contribution in [0.4, 0.5) is 4.39 Å². The van der Waals surface area contributed by atoms with Gasteiger partial charge in [0.05, 0.1) is 10.6 Å². The van der Waals surface area contributed by atoms with Crippen LogP contribution < -0.4 is 0 Å². The molecule has 0 bridgehead atoms. The van der Waals surface area contributed by atoms with Gasteiger partial charge in [0.2, 0.25) is 5.91 Å². The van der Waals surface area contributed by atoms with Crippen molar-refractivity contribution in [2.75, 3.05) is 6.54 Å². The van der Waals surface area contributed by atoms with E-state index in [2.05, 4.69) is 10.1 Å². The summed E-state index contributed by atoms with van der Waals surface area (Å²) in [4.78, 5) is 18.8. The number of hydrogen-bond donors (Lipinski definition) is 0. The molecule has 0 unspecified atom stereocenters. The van der Waals surface area contributed by atoms with Crippen molar-refractivity contribution >= 4 is 17.5 Å². The van der Waals surface area contributed by atoms with Gasteiger partial charge in [-0.1, -0.05) is 36.0 Å². The molecule has 1 saturated carbocycles. The number of nitrogens with zero attached hydrogens (tertiary/aromatic N) is 3. The molecule has 1 aliphatic heterocycles. The molecule has 1 amide bonds. The fraction of sp³-hybridized carbons (Fsp3) is 0.500. The molecule has 0 radical (unpaired) electrons. The van der Waals surface area contributed by atoms with Crippen molar-refractivity contribution in [2.24, 2.45) is 0 Å². The Bertz CT molecular complexity index is 788. The number of likely N-dealkylation sites (tertiary alicyclic amines) is 1. The third-order valence-corrected chi connectivity index (χ3v) is 5.46. The van der Waals surface area contributed by atoms with Crippen LogP contribution in [0.5, 0.6) is 0 Å². The average molecular weight is 364 g/mol. The second kappa shape index (κ2) is 6.75. The lowest BCUT2D eigenvalue weighted by Crippen LogP contribution is -2.37. The summed E-state index contributed by atoms with van der Waals surface area (Å²) >= 11 is 6.05. The number of carbonyl (C=O) groups is 1. The second-order valence-electron chi connectivity index (χ2n) is 6.82. The zero-order chi connectivity index (χ0) is 17.4. The van der Waals surface area contributed by atoms with E-state index < -0.39 is 5.82 Å². The van der Waals surface area contributed by atoms with Crippen molar-refractivity contribution in [1.29, 1.82) is 0 Å². The van der Waals surface area contributed by atoms with Gasteiger partial charge in [0.1, 0.15) is 5.82 Å². The summed E-state index contributed by atoms with van der Waals surface area (Å²) in [6.07, 6.45) is 6.21. The topological polar surface area (TPSA) is 59.2 Å². The predicted octanol–water partition coefficient (Wildman–Crippen LogP) is 4.18. The van der Waals surface area contributed by atoms with Gasteiger partial charge in [-0.15, -0.1) is 0 Å². The maximum Gasteiger partial charge on any atom is 0.259 e. The second-order valence-corrected chi connectivity index (χ2v) is 7.23. The van der Waals surface area contributed by atoms with Crippen LogP contribution in [0.15, 0.2) is 22.7 Å². The van der Waals surface area contributed by atoms with E-state index in [9.17, 15) is 9.18 Å². The molecule has 0 spiro atoms. The standard InChI is InChI=1S/C18H19ClFN3O2/c19-15-9-12(20)6-7-14(15)18-21-17(22-25-18)11-8-16(24)23(10-11)13-4-2-1-3-5-13/h6-7,9,11,13H,1-5,8,10H2/t11-/m1/s1. The quantitative estimate of drug-likeness (QED) is 0.820. The average Bonchev–Trinajstić information content (AvgIpc) is 3.22. The molecule has 2 heterocycles. The first-order valence-electron chi connectivity index (χ1n) is 8.70. The first-order chi connectivity index (χ1) is 12.1. The maximum absolute atomic E-state index is 13.2. The Hall–Kier alpha value is -1.95. The van der Waals surface area contributed by atoms with Crippen LogP contribution in [0.1, 0.15) is 50.3 Å². The number of halogens is 2. The number of benzene rings is 1. The van der Waals surface area contributed by atoms with Crippen LogP contribution in [0.2, 0.25) is 5.02 Å². The smallest absolute Gasteiger partial charge is 0.259 e. The van der Waals surface area contributed by atoms with Gasteiger partial charge in [-0.3, -0.25) is 4.79 Å². The third kappa shape index (κ3) is 3.27. The van der Waals surface area contributed by atoms with Gasteiger partial charge in [0.25, 0.3) is 5.89 Å².